The lowest BCUT2D eigenvalue weighted by atomic mass is 10.1. The van der Waals surface area contributed by atoms with Crippen LogP contribution in [0.4, 0.5) is 0 Å². The van der Waals surface area contributed by atoms with E-state index in [1.54, 1.807) is 12.4 Å². The Morgan fingerprint density at radius 1 is 0.933 bits per heavy atom. The third-order valence-corrected chi connectivity index (χ3v) is 5.45. The Kier molecular flexibility index (Phi) is 11.9. The number of aromatic nitrogens is 3. The first-order valence-corrected chi connectivity index (χ1v) is 11.8. The minimum Gasteiger partial charge on any atom is -0.430 e. The first-order chi connectivity index (χ1) is 14.7. The Balaban J connectivity index is 1.45. The van der Waals surface area contributed by atoms with Gasteiger partial charge in [-0.25, -0.2) is 9.97 Å². The summed E-state index contributed by atoms with van der Waals surface area (Å²) >= 11 is 0. The standard InChI is InChI=1S/C25H39N3O2/c1-3-4-5-6-7-8-9-10-11-12-13-14-15-16-17-18-22(29)25-27-21-23(30-25)24-26-19-20-28(24)2/h10-11,19-21H,3-9,12-18H2,1-2H3. The summed E-state index contributed by atoms with van der Waals surface area (Å²) in [5.74, 6) is 1.40. The summed E-state index contributed by atoms with van der Waals surface area (Å²) < 4.78 is 7.44. The van der Waals surface area contributed by atoms with Crippen molar-refractivity contribution in [3.8, 4) is 11.6 Å². The molecule has 2 aromatic rings. The van der Waals surface area contributed by atoms with Gasteiger partial charge in [0.15, 0.2) is 11.6 Å². The number of carbonyl (C=O) groups is 1. The predicted octanol–water partition coefficient (Wildman–Crippen LogP) is 7.30. The number of hydrogen-bond donors (Lipinski definition) is 0. The molecule has 2 aromatic heterocycles. The summed E-state index contributed by atoms with van der Waals surface area (Å²) in [6.45, 7) is 2.26. The Bertz CT molecular complexity index is 745. The number of imidazole rings is 1. The van der Waals surface area contributed by atoms with Crippen LogP contribution < -0.4 is 0 Å². The number of nitrogens with zero attached hydrogens (tertiary/aromatic N) is 3. The number of Topliss-reactive ketones (excluding diaryl/α,β-unsaturated/α-hetero) is 1. The molecule has 0 unspecified atom stereocenters. The number of unbranched alkanes of at least 4 members (excludes halogenated alkanes) is 11. The molecule has 5 nitrogen and oxygen atoms in total. The lowest BCUT2D eigenvalue weighted by Crippen LogP contribution is -1.99. The fourth-order valence-electron chi connectivity index (χ4n) is 3.57. The van der Waals surface area contributed by atoms with Gasteiger partial charge in [0.05, 0.1) is 6.20 Å². The second kappa shape index (κ2) is 14.8. The van der Waals surface area contributed by atoms with Gasteiger partial charge in [-0.1, -0.05) is 70.4 Å². The van der Waals surface area contributed by atoms with Crippen molar-refractivity contribution in [2.45, 2.75) is 96.8 Å². The fraction of sp³-hybridized carbons (Fsp3) is 0.640. The van der Waals surface area contributed by atoms with Gasteiger partial charge in [0.1, 0.15) is 0 Å². The van der Waals surface area contributed by atoms with E-state index in [0.29, 0.717) is 18.0 Å². The van der Waals surface area contributed by atoms with Gasteiger partial charge in [-0.3, -0.25) is 4.79 Å². The number of hydrogen-bond acceptors (Lipinski definition) is 4. The third-order valence-electron chi connectivity index (χ3n) is 5.45. The van der Waals surface area contributed by atoms with Crippen molar-refractivity contribution >= 4 is 5.78 Å². The minimum absolute atomic E-state index is 0.0203. The van der Waals surface area contributed by atoms with Gasteiger partial charge in [-0.15, -0.1) is 0 Å². The van der Waals surface area contributed by atoms with E-state index in [9.17, 15) is 4.79 Å². The zero-order chi connectivity index (χ0) is 21.4. The second-order valence-corrected chi connectivity index (χ2v) is 8.15. The molecule has 0 saturated carbocycles. The molecule has 0 atom stereocenters. The van der Waals surface area contributed by atoms with Gasteiger partial charge in [0.25, 0.3) is 5.89 Å². The van der Waals surface area contributed by atoms with Crippen LogP contribution in [-0.2, 0) is 7.05 Å². The monoisotopic (exact) mass is 413 g/mol. The van der Waals surface area contributed by atoms with Crippen LogP contribution in [0.15, 0.2) is 35.2 Å². The van der Waals surface area contributed by atoms with Crippen molar-refractivity contribution in [1.82, 2.24) is 14.5 Å². The highest BCUT2D eigenvalue weighted by atomic mass is 16.4. The van der Waals surface area contributed by atoms with Gasteiger partial charge in [-0.05, 0) is 32.1 Å². The van der Waals surface area contributed by atoms with Crippen molar-refractivity contribution in [1.29, 1.82) is 0 Å². The molecule has 0 N–H and O–H groups in total. The molecule has 0 spiro atoms. The molecule has 166 valence electrons. The highest BCUT2D eigenvalue weighted by Gasteiger charge is 2.15. The smallest absolute Gasteiger partial charge is 0.263 e. The Morgan fingerprint density at radius 2 is 1.57 bits per heavy atom. The summed E-state index contributed by atoms with van der Waals surface area (Å²) in [5.41, 5.74) is 0. The van der Waals surface area contributed by atoms with Gasteiger partial charge in [0, 0.05) is 25.9 Å². The van der Waals surface area contributed by atoms with Crippen LogP contribution in [0.25, 0.3) is 11.6 Å². The molecular weight excluding hydrogens is 374 g/mol. The zero-order valence-electron chi connectivity index (χ0n) is 18.9. The van der Waals surface area contributed by atoms with Crippen LogP contribution in [0.2, 0.25) is 0 Å². The fourth-order valence-corrected chi connectivity index (χ4v) is 3.57. The Morgan fingerprint density at radius 3 is 2.20 bits per heavy atom. The number of allylic oxidation sites excluding steroid dienone is 2. The van der Waals surface area contributed by atoms with Crippen molar-refractivity contribution in [3.05, 3.63) is 36.6 Å². The molecule has 5 heteroatoms. The summed E-state index contributed by atoms with van der Waals surface area (Å²) in [5, 5.41) is 0. The molecular formula is C25H39N3O2. The molecule has 2 heterocycles. The number of oxazole rings is 1. The van der Waals surface area contributed by atoms with Crippen LogP contribution in [0, 0.1) is 0 Å². The maximum atomic E-state index is 12.3. The summed E-state index contributed by atoms with van der Waals surface area (Å²) in [4.78, 5) is 20.6. The Hall–Kier alpha value is -2.17. The van der Waals surface area contributed by atoms with Crippen molar-refractivity contribution in [2.75, 3.05) is 0 Å². The SMILES string of the molecule is CCCCCCCCC=CCCCCCCCC(=O)c1ncc(-c2nccn2C)o1. The van der Waals surface area contributed by atoms with Crippen LogP contribution in [0.5, 0.6) is 0 Å². The molecule has 0 bridgehead atoms. The van der Waals surface area contributed by atoms with Crippen LogP contribution in [0.1, 0.15) is 108 Å². The first-order valence-electron chi connectivity index (χ1n) is 11.8. The maximum Gasteiger partial charge on any atom is 0.263 e. The largest absolute Gasteiger partial charge is 0.430 e. The molecule has 0 fully saturated rings. The molecule has 0 aliphatic rings. The van der Waals surface area contributed by atoms with E-state index in [-0.39, 0.29) is 11.7 Å². The first kappa shape index (κ1) is 24.1. The molecule has 2 rings (SSSR count). The van der Waals surface area contributed by atoms with E-state index in [1.807, 2.05) is 17.8 Å². The normalized spacial score (nSPS) is 11.5. The summed E-state index contributed by atoms with van der Waals surface area (Å²) in [6.07, 6.45) is 26.6. The zero-order valence-corrected chi connectivity index (χ0v) is 18.9. The molecule has 0 saturated heterocycles. The predicted molar refractivity (Wildman–Crippen MR) is 122 cm³/mol. The quantitative estimate of drug-likeness (QED) is 0.155. The lowest BCUT2D eigenvalue weighted by Gasteiger charge is -2.00. The molecule has 0 aromatic carbocycles. The second-order valence-electron chi connectivity index (χ2n) is 8.15. The number of ketones is 1. The van der Waals surface area contributed by atoms with Gasteiger partial charge < -0.3 is 8.98 Å². The van der Waals surface area contributed by atoms with Crippen LogP contribution in [-0.4, -0.2) is 20.3 Å². The average Bonchev–Trinajstić information content (AvgIpc) is 3.39. The summed E-state index contributed by atoms with van der Waals surface area (Å²) in [6, 6.07) is 0. The summed E-state index contributed by atoms with van der Waals surface area (Å²) in [7, 11) is 1.89. The highest BCUT2D eigenvalue weighted by Crippen LogP contribution is 2.19. The van der Waals surface area contributed by atoms with E-state index < -0.39 is 0 Å². The number of rotatable bonds is 17. The van der Waals surface area contributed by atoms with E-state index in [1.165, 1.54) is 70.6 Å². The van der Waals surface area contributed by atoms with E-state index >= 15 is 0 Å². The van der Waals surface area contributed by atoms with Gasteiger partial charge >= 0.3 is 0 Å². The molecule has 30 heavy (non-hydrogen) atoms. The minimum atomic E-state index is -0.0203. The van der Waals surface area contributed by atoms with E-state index in [4.69, 9.17) is 4.42 Å². The van der Waals surface area contributed by atoms with Gasteiger partial charge in [0.2, 0.25) is 5.78 Å². The maximum absolute atomic E-state index is 12.3. The lowest BCUT2D eigenvalue weighted by molar-refractivity contribution is 0.0946. The average molecular weight is 414 g/mol. The van der Waals surface area contributed by atoms with Crippen molar-refractivity contribution < 1.29 is 9.21 Å². The highest BCUT2D eigenvalue weighted by molar-refractivity contribution is 5.91. The molecule has 0 aliphatic carbocycles. The Labute approximate surface area is 182 Å². The topological polar surface area (TPSA) is 60.9 Å². The van der Waals surface area contributed by atoms with Crippen LogP contribution in [0.3, 0.4) is 0 Å². The number of carbonyl (C=O) groups excluding carboxylic acids is 1. The molecule has 0 amide bonds. The van der Waals surface area contributed by atoms with E-state index in [2.05, 4.69) is 29.0 Å². The van der Waals surface area contributed by atoms with Crippen molar-refractivity contribution in [3.63, 3.8) is 0 Å². The van der Waals surface area contributed by atoms with Crippen molar-refractivity contribution in [2.24, 2.45) is 7.05 Å². The van der Waals surface area contributed by atoms with E-state index in [0.717, 1.165) is 12.8 Å². The molecule has 0 aliphatic heterocycles. The third kappa shape index (κ3) is 9.10. The molecule has 0 radical (unpaired) electrons. The number of aryl methyl sites for hydroxylation is 1. The van der Waals surface area contributed by atoms with Crippen LogP contribution >= 0.6 is 0 Å². The van der Waals surface area contributed by atoms with Gasteiger partial charge in [-0.2, -0.15) is 0 Å².